The van der Waals surface area contributed by atoms with Crippen LogP contribution in [-0.4, -0.2) is 62.6 Å². The molecule has 1 aliphatic carbocycles. The number of likely N-dealkylation sites (tertiary alicyclic amines) is 1. The Balaban J connectivity index is 1.38. The summed E-state index contributed by atoms with van der Waals surface area (Å²) in [6.45, 7) is 5.02. The molecule has 1 aromatic rings. The molecule has 3 fully saturated rings. The Labute approximate surface area is 176 Å². The summed E-state index contributed by atoms with van der Waals surface area (Å²) in [4.78, 5) is 35.1. The quantitative estimate of drug-likeness (QED) is 0.542. The second-order valence-electron chi connectivity index (χ2n) is 9.10. The molecular formula is C22H30N4O4. The summed E-state index contributed by atoms with van der Waals surface area (Å²) in [7, 11) is 0. The fourth-order valence-corrected chi connectivity index (χ4v) is 5.81. The summed E-state index contributed by atoms with van der Waals surface area (Å²) in [6, 6.07) is 0.274. The molecule has 4 heterocycles. The molecule has 8 heteroatoms. The van der Waals surface area contributed by atoms with E-state index in [9.17, 15) is 9.59 Å². The third-order valence-corrected chi connectivity index (χ3v) is 7.27. The van der Waals surface area contributed by atoms with E-state index in [1.54, 1.807) is 11.8 Å². The van der Waals surface area contributed by atoms with Crippen LogP contribution in [-0.2, 0) is 20.9 Å². The van der Waals surface area contributed by atoms with Gasteiger partial charge in [-0.2, -0.15) is 4.98 Å². The zero-order chi connectivity index (χ0) is 20.9. The molecule has 4 atom stereocenters. The number of fused-ring (bicyclic) bond motifs is 1. The number of rotatable bonds is 5. The Morgan fingerprint density at radius 1 is 1.30 bits per heavy atom. The number of amides is 2. The smallest absolute Gasteiger partial charge is 0.246 e. The van der Waals surface area contributed by atoms with Gasteiger partial charge >= 0.3 is 0 Å². The van der Waals surface area contributed by atoms with Crippen molar-refractivity contribution in [3.8, 4) is 0 Å². The van der Waals surface area contributed by atoms with E-state index in [1.807, 2.05) is 24.0 Å². The van der Waals surface area contributed by atoms with Gasteiger partial charge in [0.1, 0.15) is 5.60 Å². The number of carbonyl (C=O) groups is 2. The largest absolute Gasteiger partial charge is 0.360 e. The summed E-state index contributed by atoms with van der Waals surface area (Å²) in [6.07, 6.45) is 10.6. The Hall–Kier alpha value is -2.22. The van der Waals surface area contributed by atoms with E-state index in [1.165, 1.54) is 25.7 Å². The second kappa shape index (κ2) is 7.48. The summed E-state index contributed by atoms with van der Waals surface area (Å²) in [5, 5.41) is 3.81. The molecule has 1 saturated carbocycles. The lowest BCUT2D eigenvalue weighted by molar-refractivity contribution is -0.144. The molecule has 1 spiro atoms. The highest BCUT2D eigenvalue weighted by Crippen LogP contribution is 2.53. The van der Waals surface area contributed by atoms with Gasteiger partial charge in [0.05, 0.1) is 31.0 Å². The van der Waals surface area contributed by atoms with Crippen LogP contribution in [0.1, 0.15) is 57.2 Å². The third-order valence-electron chi connectivity index (χ3n) is 7.27. The Morgan fingerprint density at radius 3 is 2.73 bits per heavy atom. The van der Waals surface area contributed by atoms with Crippen LogP contribution in [0, 0.1) is 18.8 Å². The summed E-state index contributed by atoms with van der Waals surface area (Å²) in [5.41, 5.74) is -0.644. The zero-order valence-corrected chi connectivity index (χ0v) is 17.7. The average Bonchev–Trinajstić information content (AvgIpc) is 3.43. The molecule has 0 radical (unpaired) electrons. The van der Waals surface area contributed by atoms with Crippen molar-refractivity contribution in [1.29, 1.82) is 0 Å². The molecule has 0 N–H and O–H groups in total. The molecule has 2 bridgehead atoms. The third kappa shape index (κ3) is 3.07. The van der Waals surface area contributed by atoms with Crippen LogP contribution in [0.15, 0.2) is 16.7 Å². The number of carbonyl (C=O) groups excluding carboxylic acids is 2. The predicted molar refractivity (Wildman–Crippen MR) is 107 cm³/mol. The maximum atomic E-state index is 13.6. The van der Waals surface area contributed by atoms with Gasteiger partial charge < -0.3 is 19.1 Å². The van der Waals surface area contributed by atoms with Crippen LogP contribution in [0.25, 0.3) is 0 Å². The predicted octanol–water partition coefficient (Wildman–Crippen LogP) is 2.23. The minimum atomic E-state index is -0.644. The SMILES string of the molecule is CCN(Cc1nc(C)no1)C(=O)C1C2C(=O)N(C3CCCCCC3)C[C@@]23C=C[C@@H]1O3. The van der Waals surface area contributed by atoms with E-state index in [2.05, 4.69) is 10.1 Å². The fourth-order valence-electron chi connectivity index (χ4n) is 5.81. The second-order valence-corrected chi connectivity index (χ2v) is 9.10. The fraction of sp³-hybridized carbons (Fsp3) is 0.727. The van der Waals surface area contributed by atoms with Crippen molar-refractivity contribution in [2.75, 3.05) is 13.1 Å². The molecule has 1 aromatic heterocycles. The van der Waals surface area contributed by atoms with Gasteiger partial charge in [0.2, 0.25) is 17.7 Å². The van der Waals surface area contributed by atoms with Crippen molar-refractivity contribution in [1.82, 2.24) is 19.9 Å². The normalized spacial score (nSPS) is 33.2. The van der Waals surface area contributed by atoms with Crippen molar-refractivity contribution < 1.29 is 18.8 Å². The molecule has 4 aliphatic rings. The van der Waals surface area contributed by atoms with Gasteiger partial charge in [-0.3, -0.25) is 9.59 Å². The first-order valence-corrected chi connectivity index (χ1v) is 11.3. The number of nitrogens with zero attached hydrogens (tertiary/aromatic N) is 4. The first kappa shape index (κ1) is 19.7. The summed E-state index contributed by atoms with van der Waals surface area (Å²) < 4.78 is 11.5. The first-order chi connectivity index (χ1) is 14.5. The highest BCUT2D eigenvalue weighted by molar-refractivity contribution is 5.93. The average molecular weight is 415 g/mol. The van der Waals surface area contributed by atoms with Crippen LogP contribution in [0.5, 0.6) is 0 Å². The van der Waals surface area contributed by atoms with Gasteiger partial charge in [-0.1, -0.05) is 43.0 Å². The molecule has 30 heavy (non-hydrogen) atoms. The maximum Gasteiger partial charge on any atom is 0.246 e. The molecular weight excluding hydrogens is 384 g/mol. The number of hydrogen-bond donors (Lipinski definition) is 0. The van der Waals surface area contributed by atoms with Gasteiger partial charge in [-0.05, 0) is 26.7 Å². The molecule has 162 valence electrons. The van der Waals surface area contributed by atoms with Crippen LogP contribution >= 0.6 is 0 Å². The number of hydrogen-bond acceptors (Lipinski definition) is 6. The van der Waals surface area contributed by atoms with Crippen LogP contribution in [0.4, 0.5) is 0 Å². The van der Waals surface area contributed by atoms with Crippen molar-refractivity contribution in [3.63, 3.8) is 0 Å². The standard InChI is InChI=1S/C22H30N4O4/c1-3-25(12-17-23-14(2)24-30-17)20(27)18-16-10-11-22(29-16)13-26(21(28)19(18)22)15-8-6-4-5-7-9-15/h10-11,15-16,18-19H,3-9,12-13H2,1-2H3/t16-,18?,19?,22-/m0/s1. The van der Waals surface area contributed by atoms with Gasteiger partial charge in [0, 0.05) is 12.6 Å². The number of aryl methyl sites for hydroxylation is 1. The van der Waals surface area contributed by atoms with E-state index in [0.717, 1.165) is 12.8 Å². The van der Waals surface area contributed by atoms with Crippen molar-refractivity contribution in [2.24, 2.45) is 11.8 Å². The lowest BCUT2D eigenvalue weighted by Crippen LogP contribution is -2.46. The molecule has 5 rings (SSSR count). The molecule has 2 unspecified atom stereocenters. The minimum Gasteiger partial charge on any atom is -0.360 e. The van der Waals surface area contributed by atoms with E-state index >= 15 is 0 Å². The lowest BCUT2D eigenvalue weighted by Gasteiger charge is -2.30. The van der Waals surface area contributed by atoms with E-state index in [-0.39, 0.29) is 30.5 Å². The van der Waals surface area contributed by atoms with Gasteiger partial charge in [0.15, 0.2) is 5.82 Å². The molecule has 3 aliphatic heterocycles. The van der Waals surface area contributed by atoms with Crippen LogP contribution in [0.3, 0.4) is 0 Å². The Bertz CT molecular complexity index is 859. The molecule has 2 saturated heterocycles. The summed E-state index contributed by atoms with van der Waals surface area (Å²) >= 11 is 0. The Morgan fingerprint density at radius 2 is 2.07 bits per heavy atom. The first-order valence-electron chi connectivity index (χ1n) is 11.3. The number of aromatic nitrogens is 2. The van der Waals surface area contributed by atoms with Crippen LogP contribution < -0.4 is 0 Å². The minimum absolute atomic E-state index is 0.0642. The van der Waals surface area contributed by atoms with Gasteiger partial charge in [-0.25, -0.2) is 0 Å². The molecule has 2 amide bonds. The molecule has 8 nitrogen and oxygen atoms in total. The summed E-state index contributed by atoms with van der Waals surface area (Å²) in [5.74, 6) is 0.0740. The van der Waals surface area contributed by atoms with Crippen molar-refractivity contribution in [2.45, 2.75) is 76.7 Å². The van der Waals surface area contributed by atoms with Crippen molar-refractivity contribution in [3.05, 3.63) is 23.9 Å². The highest BCUT2D eigenvalue weighted by atomic mass is 16.5. The monoisotopic (exact) mass is 414 g/mol. The highest BCUT2D eigenvalue weighted by Gasteiger charge is 2.67. The van der Waals surface area contributed by atoms with E-state index < -0.39 is 17.4 Å². The van der Waals surface area contributed by atoms with Crippen molar-refractivity contribution >= 4 is 11.8 Å². The van der Waals surface area contributed by atoms with E-state index in [4.69, 9.17) is 9.26 Å². The zero-order valence-electron chi connectivity index (χ0n) is 17.7. The van der Waals surface area contributed by atoms with E-state index in [0.29, 0.717) is 24.8 Å². The van der Waals surface area contributed by atoms with Gasteiger partial charge in [0.25, 0.3) is 0 Å². The molecule has 0 aromatic carbocycles. The number of ether oxygens (including phenoxy) is 1. The maximum absolute atomic E-state index is 13.6. The van der Waals surface area contributed by atoms with Crippen LogP contribution in [0.2, 0.25) is 0 Å². The Kier molecular flexibility index (Phi) is 4.92. The topological polar surface area (TPSA) is 88.8 Å². The van der Waals surface area contributed by atoms with Gasteiger partial charge in [-0.15, -0.1) is 0 Å². The lowest BCUT2D eigenvalue weighted by atomic mass is 9.76.